The van der Waals surface area contributed by atoms with Gasteiger partial charge in [-0.1, -0.05) is 6.07 Å². The van der Waals surface area contributed by atoms with Gasteiger partial charge in [0, 0.05) is 24.8 Å². The summed E-state index contributed by atoms with van der Waals surface area (Å²) >= 11 is 0. The molecule has 3 unspecified atom stereocenters. The lowest BCUT2D eigenvalue weighted by molar-refractivity contribution is -0.117. The second-order valence-corrected chi connectivity index (χ2v) is 7.24. The van der Waals surface area contributed by atoms with E-state index in [0.717, 1.165) is 31.6 Å². The van der Waals surface area contributed by atoms with Crippen LogP contribution in [0, 0.1) is 11.8 Å². The number of hydrogen-bond donors (Lipinski definition) is 2. The van der Waals surface area contributed by atoms with Gasteiger partial charge in [0.25, 0.3) is 0 Å². The first-order chi connectivity index (χ1) is 10.7. The van der Waals surface area contributed by atoms with Crippen LogP contribution in [-0.2, 0) is 17.6 Å². The van der Waals surface area contributed by atoms with Gasteiger partial charge in [0.1, 0.15) is 0 Å². The van der Waals surface area contributed by atoms with Gasteiger partial charge in [0.05, 0.1) is 6.54 Å². The molecule has 1 aliphatic heterocycles. The van der Waals surface area contributed by atoms with E-state index in [1.54, 1.807) is 0 Å². The van der Waals surface area contributed by atoms with Crippen molar-refractivity contribution in [3.63, 3.8) is 0 Å². The van der Waals surface area contributed by atoms with E-state index in [4.69, 9.17) is 5.73 Å². The summed E-state index contributed by atoms with van der Waals surface area (Å²) in [7, 11) is 0. The van der Waals surface area contributed by atoms with Crippen LogP contribution in [0.2, 0.25) is 0 Å². The Hall–Kier alpha value is -1.10. The van der Waals surface area contributed by atoms with Crippen molar-refractivity contribution >= 4 is 24.0 Å². The fourth-order valence-corrected chi connectivity index (χ4v) is 4.58. The van der Waals surface area contributed by atoms with Crippen molar-refractivity contribution in [1.82, 2.24) is 4.90 Å². The molecule has 126 valence electrons. The summed E-state index contributed by atoms with van der Waals surface area (Å²) in [6.45, 7) is 2.52. The lowest BCUT2D eigenvalue weighted by Gasteiger charge is -2.18. The molecule has 2 fully saturated rings. The lowest BCUT2D eigenvalue weighted by Crippen LogP contribution is -2.34. The largest absolute Gasteiger partial charge is 0.327 e. The first-order valence-electron chi connectivity index (χ1n) is 8.58. The number of likely N-dealkylation sites (tertiary alicyclic amines) is 1. The standard InChI is InChI=1S/C18H25N3O.ClH/c19-17-7-5-14-9-21(10-16(14)17)11-18(22)20-15-6-4-12-2-1-3-13(12)8-15;/h4,6,8,14,16-17H,1-3,5,7,9-11,19H2,(H,20,22);1H. The molecule has 1 aromatic carbocycles. The molecule has 0 radical (unpaired) electrons. The minimum absolute atomic E-state index is 0. The minimum Gasteiger partial charge on any atom is -0.327 e. The molecule has 3 atom stereocenters. The van der Waals surface area contributed by atoms with Crippen LogP contribution in [0.5, 0.6) is 0 Å². The number of nitrogens with two attached hydrogens (primary N) is 1. The third-order valence-electron chi connectivity index (χ3n) is 5.74. The highest BCUT2D eigenvalue weighted by molar-refractivity contribution is 5.92. The molecule has 1 saturated heterocycles. The van der Waals surface area contributed by atoms with Crippen LogP contribution < -0.4 is 11.1 Å². The van der Waals surface area contributed by atoms with Gasteiger partial charge in [-0.15, -0.1) is 12.4 Å². The van der Waals surface area contributed by atoms with Crippen molar-refractivity contribution in [1.29, 1.82) is 0 Å². The summed E-state index contributed by atoms with van der Waals surface area (Å²) < 4.78 is 0. The molecule has 23 heavy (non-hydrogen) atoms. The third kappa shape index (κ3) is 3.39. The molecule has 5 heteroatoms. The van der Waals surface area contributed by atoms with E-state index in [0.29, 0.717) is 24.4 Å². The van der Waals surface area contributed by atoms with E-state index in [1.165, 1.54) is 30.4 Å². The minimum atomic E-state index is 0. The average Bonchev–Trinajstić information content (AvgIpc) is 3.16. The maximum atomic E-state index is 12.3. The quantitative estimate of drug-likeness (QED) is 0.890. The maximum Gasteiger partial charge on any atom is 0.238 e. The molecule has 3 aliphatic rings. The van der Waals surface area contributed by atoms with Crippen molar-refractivity contribution in [3.8, 4) is 0 Å². The van der Waals surface area contributed by atoms with E-state index in [-0.39, 0.29) is 18.3 Å². The SMILES string of the molecule is Cl.NC1CCC2CN(CC(=O)Nc3ccc4c(c3)CCC4)CC12. The Balaban J connectivity index is 0.00000156. The van der Waals surface area contributed by atoms with Gasteiger partial charge in [-0.3, -0.25) is 9.69 Å². The van der Waals surface area contributed by atoms with Crippen LogP contribution in [0.25, 0.3) is 0 Å². The van der Waals surface area contributed by atoms with E-state index in [2.05, 4.69) is 22.3 Å². The van der Waals surface area contributed by atoms with Crippen LogP contribution in [0.4, 0.5) is 5.69 Å². The third-order valence-corrected chi connectivity index (χ3v) is 5.74. The average molecular weight is 336 g/mol. The zero-order valence-corrected chi connectivity index (χ0v) is 14.3. The summed E-state index contributed by atoms with van der Waals surface area (Å²) in [6.07, 6.45) is 5.95. The normalized spacial score (nSPS) is 29.0. The number of aryl methyl sites for hydroxylation is 2. The van der Waals surface area contributed by atoms with Gasteiger partial charge in [-0.25, -0.2) is 0 Å². The first-order valence-corrected chi connectivity index (χ1v) is 8.58. The summed E-state index contributed by atoms with van der Waals surface area (Å²) in [5.41, 5.74) is 9.95. The molecule has 1 saturated carbocycles. The first kappa shape index (κ1) is 16.7. The number of rotatable bonds is 3. The fraction of sp³-hybridized carbons (Fsp3) is 0.611. The monoisotopic (exact) mass is 335 g/mol. The van der Waals surface area contributed by atoms with Crippen molar-refractivity contribution in [2.75, 3.05) is 25.0 Å². The Kier molecular flexibility index (Phi) is 4.95. The van der Waals surface area contributed by atoms with Crippen LogP contribution in [0.3, 0.4) is 0 Å². The van der Waals surface area contributed by atoms with Crippen LogP contribution in [0.1, 0.15) is 30.4 Å². The number of carbonyl (C=O) groups excluding carboxylic acids is 1. The number of amides is 1. The fourth-order valence-electron chi connectivity index (χ4n) is 4.58. The highest BCUT2D eigenvalue weighted by Crippen LogP contribution is 2.36. The molecule has 1 heterocycles. The zero-order valence-electron chi connectivity index (χ0n) is 13.5. The van der Waals surface area contributed by atoms with E-state index < -0.39 is 0 Å². The Morgan fingerprint density at radius 3 is 2.87 bits per heavy atom. The summed E-state index contributed by atoms with van der Waals surface area (Å²) in [5.74, 6) is 1.42. The number of nitrogens with one attached hydrogen (secondary N) is 1. The molecule has 0 aromatic heterocycles. The molecule has 2 aliphatic carbocycles. The Bertz CT molecular complexity index is 592. The van der Waals surface area contributed by atoms with E-state index >= 15 is 0 Å². The Morgan fingerprint density at radius 1 is 1.22 bits per heavy atom. The van der Waals surface area contributed by atoms with Crippen molar-refractivity contribution in [3.05, 3.63) is 29.3 Å². The van der Waals surface area contributed by atoms with Gasteiger partial charge in [0.2, 0.25) is 5.91 Å². The van der Waals surface area contributed by atoms with Gasteiger partial charge < -0.3 is 11.1 Å². The second kappa shape index (κ2) is 6.80. The molecule has 4 nitrogen and oxygen atoms in total. The molecule has 0 spiro atoms. The predicted octanol–water partition coefficient (Wildman–Crippen LogP) is 2.20. The van der Waals surface area contributed by atoms with Crippen molar-refractivity contribution in [2.24, 2.45) is 17.6 Å². The summed E-state index contributed by atoms with van der Waals surface area (Å²) in [5, 5.41) is 3.06. The van der Waals surface area contributed by atoms with Crippen molar-refractivity contribution < 1.29 is 4.79 Å². The maximum absolute atomic E-state index is 12.3. The second-order valence-electron chi connectivity index (χ2n) is 7.24. The van der Waals surface area contributed by atoms with Crippen LogP contribution >= 0.6 is 12.4 Å². The number of fused-ring (bicyclic) bond motifs is 2. The molecular formula is C18H26ClN3O. The van der Waals surface area contributed by atoms with Gasteiger partial charge in [-0.05, 0) is 67.2 Å². The number of halogens is 1. The lowest BCUT2D eigenvalue weighted by atomic mass is 9.98. The zero-order chi connectivity index (χ0) is 15.1. The van der Waals surface area contributed by atoms with Crippen molar-refractivity contribution in [2.45, 2.75) is 38.1 Å². The topological polar surface area (TPSA) is 58.4 Å². The highest BCUT2D eigenvalue weighted by Gasteiger charge is 2.41. The number of nitrogens with zero attached hydrogens (tertiary/aromatic N) is 1. The number of benzene rings is 1. The molecule has 1 amide bonds. The molecule has 4 rings (SSSR count). The van der Waals surface area contributed by atoms with Gasteiger partial charge in [0.15, 0.2) is 0 Å². The van der Waals surface area contributed by atoms with E-state index in [1.807, 2.05) is 6.07 Å². The predicted molar refractivity (Wildman–Crippen MR) is 95.0 cm³/mol. The van der Waals surface area contributed by atoms with E-state index in [9.17, 15) is 4.79 Å². The highest BCUT2D eigenvalue weighted by atomic mass is 35.5. The molecular weight excluding hydrogens is 310 g/mol. The Morgan fingerprint density at radius 2 is 2.04 bits per heavy atom. The van der Waals surface area contributed by atoms with Crippen LogP contribution in [0.15, 0.2) is 18.2 Å². The number of hydrogen-bond acceptors (Lipinski definition) is 3. The summed E-state index contributed by atoms with van der Waals surface area (Å²) in [6, 6.07) is 6.69. The number of anilines is 1. The molecule has 1 aromatic rings. The van der Waals surface area contributed by atoms with Crippen LogP contribution in [-0.4, -0.2) is 36.5 Å². The molecule has 0 bridgehead atoms. The smallest absolute Gasteiger partial charge is 0.238 e. The Labute approximate surface area is 144 Å². The molecule has 3 N–H and O–H groups in total. The van der Waals surface area contributed by atoms with Gasteiger partial charge >= 0.3 is 0 Å². The van der Waals surface area contributed by atoms with Gasteiger partial charge in [-0.2, -0.15) is 0 Å². The summed E-state index contributed by atoms with van der Waals surface area (Å²) in [4.78, 5) is 14.6. The number of carbonyl (C=O) groups is 1.